The van der Waals surface area contributed by atoms with Crippen molar-refractivity contribution >= 4 is 5.97 Å². The highest BCUT2D eigenvalue weighted by Crippen LogP contribution is 2.35. The first-order valence-electron chi connectivity index (χ1n) is 9.64. The molecule has 3 heterocycles. The molecule has 0 fully saturated rings. The summed E-state index contributed by atoms with van der Waals surface area (Å²) in [6.07, 6.45) is 4.01. The number of hydrogen-bond donors (Lipinski definition) is 1. The maximum atomic E-state index is 12.1. The SMILES string of the molecule is CCC.COCCCOc1cc2c(nc1OC)-c1cc(=O)c(C(=O)O)cn1CC2. The Kier molecular flexibility index (Phi) is 8.21. The van der Waals surface area contributed by atoms with Crippen LogP contribution in [-0.4, -0.2) is 48.1 Å². The van der Waals surface area contributed by atoms with E-state index < -0.39 is 11.4 Å². The summed E-state index contributed by atoms with van der Waals surface area (Å²) in [5.74, 6) is -0.369. The normalized spacial score (nSPS) is 11.6. The lowest BCUT2D eigenvalue weighted by molar-refractivity contribution is 0.0694. The largest absolute Gasteiger partial charge is 0.488 e. The lowest BCUT2D eigenvalue weighted by Crippen LogP contribution is -2.22. The van der Waals surface area contributed by atoms with Crippen LogP contribution in [0.15, 0.2) is 23.1 Å². The lowest BCUT2D eigenvalue weighted by atomic mass is 10.0. The maximum absolute atomic E-state index is 12.1. The van der Waals surface area contributed by atoms with Crippen molar-refractivity contribution in [1.82, 2.24) is 9.55 Å². The number of aromatic nitrogens is 2. The molecule has 8 heteroatoms. The first kappa shape index (κ1) is 22.4. The third kappa shape index (κ3) is 5.35. The van der Waals surface area contributed by atoms with E-state index in [1.807, 2.05) is 6.07 Å². The smallest absolute Gasteiger partial charge is 0.341 e. The highest BCUT2D eigenvalue weighted by Gasteiger charge is 2.23. The predicted molar refractivity (Wildman–Crippen MR) is 109 cm³/mol. The Morgan fingerprint density at radius 1 is 1.24 bits per heavy atom. The molecule has 0 spiro atoms. The summed E-state index contributed by atoms with van der Waals surface area (Å²) in [6, 6.07) is 3.18. The fourth-order valence-corrected chi connectivity index (χ4v) is 2.93. The minimum absolute atomic E-state index is 0.248. The Balaban J connectivity index is 0.000000941. The number of hydrogen-bond acceptors (Lipinski definition) is 6. The van der Waals surface area contributed by atoms with Crippen molar-refractivity contribution < 1.29 is 24.1 Å². The number of pyridine rings is 2. The van der Waals surface area contributed by atoms with Crippen LogP contribution in [0.3, 0.4) is 0 Å². The van der Waals surface area contributed by atoms with Crippen molar-refractivity contribution in [3.05, 3.63) is 39.7 Å². The van der Waals surface area contributed by atoms with Gasteiger partial charge in [-0.25, -0.2) is 9.78 Å². The Bertz CT molecular complexity index is 907. The van der Waals surface area contributed by atoms with Gasteiger partial charge in [-0.3, -0.25) is 4.79 Å². The molecule has 0 bridgehead atoms. The van der Waals surface area contributed by atoms with Crippen LogP contribution in [0, 0.1) is 0 Å². The van der Waals surface area contributed by atoms with E-state index in [1.54, 1.807) is 11.7 Å². The predicted octanol–water partition coefficient (Wildman–Crippen LogP) is 3.00. The van der Waals surface area contributed by atoms with Gasteiger partial charge in [0.05, 0.1) is 25.1 Å². The van der Waals surface area contributed by atoms with E-state index in [2.05, 4.69) is 18.8 Å². The number of carboxylic acids is 1. The zero-order valence-electron chi connectivity index (χ0n) is 17.4. The Hall–Kier alpha value is -2.87. The van der Waals surface area contributed by atoms with Crippen LogP contribution >= 0.6 is 0 Å². The van der Waals surface area contributed by atoms with Crippen LogP contribution in [0.2, 0.25) is 0 Å². The summed E-state index contributed by atoms with van der Waals surface area (Å²) < 4.78 is 17.8. The molecule has 1 aliphatic rings. The number of aryl methyl sites for hydroxylation is 2. The van der Waals surface area contributed by atoms with Crippen molar-refractivity contribution in [3.63, 3.8) is 0 Å². The van der Waals surface area contributed by atoms with Gasteiger partial charge in [0, 0.05) is 38.9 Å². The summed E-state index contributed by atoms with van der Waals surface area (Å²) >= 11 is 0. The number of methoxy groups -OCH3 is 2. The summed E-state index contributed by atoms with van der Waals surface area (Å²) in [5, 5.41) is 9.13. The van der Waals surface area contributed by atoms with E-state index in [4.69, 9.17) is 19.3 Å². The minimum Gasteiger partial charge on any atom is -0.488 e. The first-order chi connectivity index (χ1) is 14.0. The summed E-state index contributed by atoms with van der Waals surface area (Å²) in [4.78, 5) is 27.7. The van der Waals surface area contributed by atoms with Crippen LogP contribution < -0.4 is 14.9 Å². The average Bonchev–Trinajstić information content (AvgIpc) is 2.70. The quantitative estimate of drug-likeness (QED) is 0.708. The second kappa shape index (κ2) is 10.6. The molecule has 2 aromatic rings. The number of fused-ring (bicyclic) bond motifs is 3. The van der Waals surface area contributed by atoms with Crippen molar-refractivity contribution in [2.45, 2.75) is 39.7 Å². The second-order valence-corrected chi connectivity index (χ2v) is 6.59. The zero-order valence-corrected chi connectivity index (χ0v) is 17.4. The monoisotopic (exact) mass is 404 g/mol. The molecule has 0 aromatic carbocycles. The molecule has 1 N–H and O–H groups in total. The Morgan fingerprint density at radius 3 is 2.59 bits per heavy atom. The molecule has 3 rings (SSSR count). The number of rotatable bonds is 7. The van der Waals surface area contributed by atoms with Gasteiger partial charge in [0.25, 0.3) is 5.88 Å². The summed E-state index contributed by atoms with van der Waals surface area (Å²) in [7, 11) is 3.14. The van der Waals surface area contributed by atoms with E-state index in [1.165, 1.54) is 25.8 Å². The molecule has 0 saturated heterocycles. The van der Waals surface area contributed by atoms with Crippen molar-refractivity contribution in [2.24, 2.45) is 0 Å². The average molecular weight is 404 g/mol. The molecule has 29 heavy (non-hydrogen) atoms. The van der Waals surface area contributed by atoms with Gasteiger partial charge in [0.1, 0.15) is 5.56 Å². The molecule has 0 atom stereocenters. The zero-order chi connectivity index (χ0) is 21.4. The highest BCUT2D eigenvalue weighted by molar-refractivity contribution is 5.87. The molecule has 0 amide bonds. The standard InChI is InChI=1S/C18H20N2O6.C3H8/c1-24-6-3-7-26-15-8-11-4-5-20-10-12(18(22)23)14(21)9-13(20)16(11)19-17(15)25-2;1-3-2/h8-10H,3-7H2,1-2H3,(H,22,23);3H2,1-2H3. The Labute approximate surface area is 170 Å². The number of nitrogens with zero attached hydrogens (tertiary/aromatic N) is 2. The molecule has 0 radical (unpaired) electrons. The minimum atomic E-state index is -1.23. The van der Waals surface area contributed by atoms with Gasteiger partial charge in [-0.05, 0) is 18.1 Å². The maximum Gasteiger partial charge on any atom is 0.341 e. The second-order valence-electron chi connectivity index (χ2n) is 6.59. The van der Waals surface area contributed by atoms with Crippen molar-refractivity contribution in [1.29, 1.82) is 0 Å². The summed E-state index contributed by atoms with van der Waals surface area (Å²) in [6.45, 7) is 5.88. The molecule has 1 aliphatic heterocycles. The van der Waals surface area contributed by atoms with E-state index in [0.717, 1.165) is 12.0 Å². The third-order valence-electron chi connectivity index (χ3n) is 4.20. The molecule has 0 aliphatic carbocycles. The molecule has 8 nitrogen and oxygen atoms in total. The van der Waals surface area contributed by atoms with Gasteiger partial charge >= 0.3 is 5.97 Å². The van der Waals surface area contributed by atoms with E-state index in [-0.39, 0.29) is 5.56 Å². The van der Waals surface area contributed by atoms with E-state index in [0.29, 0.717) is 49.2 Å². The number of ether oxygens (including phenoxy) is 3. The molecule has 0 saturated carbocycles. The van der Waals surface area contributed by atoms with E-state index >= 15 is 0 Å². The van der Waals surface area contributed by atoms with Crippen molar-refractivity contribution in [2.75, 3.05) is 27.4 Å². The number of carbonyl (C=O) groups is 1. The Morgan fingerprint density at radius 2 is 1.97 bits per heavy atom. The molecule has 0 unspecified atom stereocenters. The van der Waals surface area contributed by atoms with E-state index in [9.17, 15) is 9.59 Å². The molecular formula is C21H28N2O6. The van der Waals surface area contributed by atoms with Crippen LogP contribution in [0.1, 0.15) is 42.6 Å². The van der Waals surface area contributed by atoms with Gasteiger partial charge < -0.3 is 23.9 Å². The third-order valence-corrected chi connectivity index (χ3v) is 4.20. The number of carboxylic acid groups (broad SMARTS) is 1. The topological polar surface area (TPSA) is 99.9 Å². The molecule has 2 aromatic heterocycles. The lowest BCUT2D eigenvalue weighted by Gasteiger charge is -2.23. The van der Waals surface area contributed by atoms with Gasteiger partial charge in [-0.15, -0.1) is 0 Å². The van der Waals surface area contributed by atoms with Crippen LogP contribution in [-0.2, 0) is 17.7 Å². The van der Waals surface area contributed by atoms with Gasteiger partial charge in [0.2, 0.25) is 0 Å². The van der Waals surface area contributed by atoms with Gasteiger partial charge in [-0.2, -0.15) is 0 Å². The van der Waals surface area contributed by atoms with Crippen LogP contribution in [0.5, 0.6) is 11.6 Å². The van der Waals surface area contributed by atoms with Gasteiger partial charge in [0.15, 0.2) is 11.2 Å². The highest BCUT2D eigenvalue weighted by atomic mass is 16.5. The summed E-state index contributed by atoms with van der Waals surface area (Å²) in [5.41, 5.74) is 1.31. The van der Waals surface area contributed by atoms with Crippen LogP contribution in [0.25, 0.3) is 11.4 Å². The fraction of sp³-hybridized carbons (Fsp3) is 0.476. The molecule has 158 valence electrons. The molecular weight excluding hydrogens is 376 g/mol. The fourth-order valence-electron chi connectivity index (χ4n) is 2.93. The first-order valence-corrected chi connectivity index (χ1v) is 9.64. The van der Waals surface area contributed by atoms with Gasteiger partial charge in [-0.1, -0.05) is 20.3 Å². The van der Waals surface area contributed by atoms with Crippen LogP contribution in [0.4, 0.5) is 0 Å². The number of aromatic carboxylic acids is 1. The van der Waals surface area contributed by atoms with Crippen molar-refractivity contribution in [3.8, 4) is 23.0 Å².